The monoisotopic (exact) mass is 536 g/mol. The summed E-state index contributed by atoms with van der Waals surface area (Å²) in [6, 6.07) is 14.5. The van der Waals surface area contributed by atoms with Crippen LogP contribution in [-0.4, -0.2) is 38.8 Å². The molecule has 1 unspecified atom stereocenters. The number of nitrogens with one attached hydrogen (secondary N) is 2. The van der Waals surface area contributed by atoms with Crippen LogP contribution < -0.4 is 10.6 Å². The van der Waals surface area contributed by atoms with Crippen LogP contribution in [0.15, 0.2) is 70.9 Å². The first kappa shape index (κ1) is 24.2. The van der Waals surface area contributed by atoms with Gasteiger partial charge in [0.25, 0.3) is 0 Å². The molecule has 1 aromatic carbocycles. The lowest BCUT2D eigenvalue weighted by Crippen LogP contribution is -2.40. The van der Waals surface area contributed by atoms with E-state index in [0.717, 1.165) is 36.3 Å². The van der Waals surface area contributed by atoms with Gasteiger partial charge in [-0.15, -0.1) is 35.7 Å². The first-order valence-corrected chi connectivity index (χ1v) is 10.7. The third kappa shape index (κ3) is 7.32. The van der Waals surface area contributed by atoms with E-state index >= 15 is 0 Å². The second-order valence-corrected chi connectivity index (χ2v) is 8.20. The third-order valence-corrected chi connectivity index (χ3v) is 5.40. The molecular weight excluding hydrogens is 507 g/mol. The van der Waals surface area contributed by atoms with Gasteiger partial charge < -0.3 is 10.6 Å². The molecule has 0 radical (unpaired) electrons. The molecule has 3 rings (SSSR count). The Kier molecular flexibility index (Phi) is 10.2. The maximum Gasteiger partial charge on any atom is 0.191 e. The lowest BCUT2D eigenvalue weighted by atomic mass is 10.3. The number of hydrogen-bond acceptors (Lipinski definition) is 4. The van der Waals surface area contributed by atoms with Crippen molar-refractivity contribution in [2.45, 2.75) is 37.5 Å². The minimum atomic E-state index is 0. The number of nitrogens with zero attached hydrogens (tertiary/aromatic N) is 4. The lowest BCUT2D eigenvalue weighted by molar-refractivity contribution is 0.794. The molecule has 0 amide bonds. The molecule has 0 aliphatic rings. The molecule has 0 spiro atoms. The number of imidazole rings is 1. The average Bonchev–Trinajstić information content (AvgIpc) is 3.17. The SMILES string of the molecule is CCNC(=NCc1ccc(-n2ccnc2C)nc1)NCC(C)Sc1ccccc1.I. The van der Waals surface area contributed by atoms with E-state index in [1.807, 2.05) is 47.8 Å². The van der Waals surface area contributed by atoms with Crippen LogP contribution in [0.3, 0.4) is 0 Å². The van der Waals surface area contributed by atoms with Crippen molar-refractivity contribution in [2.24, 2.45) is 4.99 Å². The molecule has 0 aliphatic heterocycles. The van der Waals surface area contributed by atoms with Crippen LogP contribution in [0.1, 0.15) is 25.2 Å². The number of benzene rings is 1. The quantitative estimate of drug-likeness (QED) is 0.193. The fraction of sp³-hybridized carbons (Fsp3) is 0.318. The Hall–Kier alpha value is -2.07. The van der Waals surface area contributed by atoms with E-state index in [2.05, 4.69) is 64.8 Å². The molecule has 2 N–H and O–H groups in total. The van der Waals surface area contributed by atoms with Gasteiger partial charge in [-0.3, -0.25) is 4.57 Å². The molecule has 2 aromatic heterocycles. The van der Waals surface area contributed by atoms with E-state index in [0.29, 0.717) is 11.8 Å². The highest BCUT2D eigenvalue weighted by atomic mass is 127. The number of aromatic nitrogens is 3. The smallest absolute Gasteiger partial charge is 0.191 e. The Labute approximate surface area is 200 Å². The van der Waals surface area contributed by atoms with Crippen LogP contribution in [0, 0.1) is 6.92 Å². The van der Waals surface area contributed by atoms with Crippen LogP contribution in [0.5, 0.6) is 0 Å². The highest BCUT2D eigenvalue weighted by Gasteiger charge is 2.06. The first-order chi connectivity index (χ1) is 14.2. The predicted octanol–water partition coefficient (Wildman–Crippen LogP) is 4.43. The molecule has 1 atom stereocenters. The fourth-order valence-electron chi connectivity index (χ4n) is 2.80. The molecule has 0 saturated heterocycles. The van der Waals surface area contributed by atoms with Gasteiger partial charge in [0.1, 0.15) is 11.6 Å². The summed E-state index contributed by atoms with van der Waals surface area (Å²) in [4.78, 5) is 14.8. The van der Waals surface area contributed by atoms with Crippen LogP contribution in [0.25, 0.3) is 5.82 Å². The van der Waals surface area contributed by atoms with E-state index in [-0.39, 0.29) is 24.0 Å². The molecular formula is C22H29IN6S. The number of thioether (sulfide) groups is 1. The number of guanidine groups is 1. The van der Waals surface area contributed by atoms with Crippen LogP contribution in [0.2, 0.25) is 0 Å². The summed E-state index contributed by atoms with van der Waals surface area (Å²) in [5, 5.41) is 7.18. The molecule has 0 aliphatic carbocycles. The predicted molar refractivity (Wildman–Crippen MR) is 136 cm³/mol. The van der Waals surface area contributed by atoms with E-state index in [1.54, 1.807) is 6.20 Å². The molecule has 2 heterocycles. The topological polar surface area (TPSA) is 67.1 Å². The zero-order chi connectivity index (χ0) is 20.5. The molecule has 8 heteroatoms. The largest absolute Gasteiger partial charge is 0.357 e. The van der Waals surface area contributed by atoms with Gasteiger partial charge in [0.2, 0.25) is 0 Å². The van der Waals surface area contributed by atoms with Gasteiger partial charge in [-0.1, -0.05) is 31.2 Å². The number of aliphatic imine (C=N–C) groups is 1. The van der Waals surface area contributed by atoms with Crippen molar-refractivity contribution in [2.75, 3.05) is 13.1 Å². The number of pyridine rings is 1. The minimum Gasteiger partial charge on any atom is -0.357 e. The molecule has 160 valence electrons. The van der Waals surface area contributed by atoms with Crippen molar-refractivity contribution in [3.8, 4) is 5.82 Å². The summed E-state index contributed by atoms with van der Waals surface area (Å²) in [7, 11) is 0. The zero-order valence-electron chi connectivity index (χ0n) is 17.6. The van der Waals surface area contributed by atoms with Crippen LogP contribution in [-0.2, 0) is 6.54 Å². The number of halogens is 1. The number of aryl methyl sites for hydroxylation is 1. The first-order valence-electron chi connectivity index (χ1n) is 9.85. The Morgan fingerprint density at radius 3 is 2.57 bits per heavy atom. The lowest BCUT2D eigenvalue weighted by Gasteiger charge is -2.15. The summed E-state index contributed by atoms with van der Waals surface area (Å²) in [5.41, 5.74) is 1.07. The summed E-state index contributed by atoms with van der Waals surface area (Å²) >= 11 is 1.86. The van der Waals surface area contributed by atoms with Crippen molar-refractivity contribution >= 4 is 41.7 Å². The van der Waals surface area contributed by atoms with Crippen molar-refractivity contribution in [3.05, 3.63) is 72.4 Å². The van der Waals surface area contributed by atoms with Gasteiger partial charge in [0, 0.05) is 41.8 Å². The standard InChI is InChI=1S/C22H28N6S.HI/c1-4-23-22(26-14-17(2)29-20-8-6-5-7-9-20)27-16-19-10-11-21(25-15-19)28-13-12-24-18(28)3;/h5-13,15,17H,4,14,16H2,1-3H3,(H2,23,26,27);1H. The molecule has 0 bridgehead atoms. The Bertz CT molecular complexity index is 911. The Balaban J connectivity index is 0.00000320. The summed E-state index contributed by atoms with van der Waals surface area (Å²) < 4.78 is 1.96. The summed E-state index contributed by atoms with van der Waals surface area (Å²) in [5.74, 6) is 2.61. The highest BCUT2D eigenvalue weighted by molar-refractivity contribution is 14.0. The van der Waals surface area contributed by atoms with Crippen LogP contribution in [0.4, 0.5) is 0 Å². The number of hydrogen-bond donors (Lipinski definition) is 2. The summed E-state index contributed by atoms with van der Waals surface area (Å²) in [6.45, 7) is 8.49. The van der Waals surface area contributed by atoms with E-state index < -0.39 is 0 Å². The van der Waals surface area contributed by atoms with Crippen molar-refractivity contribution in [1.82, 2.24) is 25.2 Å². The maximum atomic E-state index is 4.70. The third-order valence-electron chi connectivity index (χ3n) is 4.28. The Morgan fingerprint density at radius 2 is 1.93 bits per heavy atom. The molecule has 6 nitrogen and oxygen atoms in total. The zero-order valence-corrected chi connectivity index (χ0v) is 20.7. The second kappa shape index (κ2) is 12.6. The summed E-state index contributed by atoms with van der Waals surface area (Å²) in [6.07, 6.45) is 5.56. The van der Waals surface area contributed by atoms with E-state index in [1.165, 1.54) is 4.90 Å². The fourth-order valence-corrected chi connectivity index (χ4v) is 3.74. The van der Waals surface area contributed by atoms with E-state index in [4.69, 9.17) is 4.99 Å². The second-order valence-electron chi connectivity index (χ2n) is 6.69. The van der Waals surface area contributed by atoms with Crippen molar-refractivity contribution in [1.29, 1.82) is 0 Å². The molecule has 0 saturated carbocycles. The maximum absolute atomic E-state index is 4.70. The van der Waals surface area contributed by atoms with E-state index in [9.17, 15) is 0 Å². The Morgan fingerprint density at radius 1 is 1.13 bits per heavy atom. The van der Waals surface area contributed by atoms with Crippen molar-refractivity contribution in [3.63, 3.8) is 0 Å². The van der Waals surface area contributed by atoms with Gasteiger partial charge >= 0.3 is 0 Å². The average molecular weight is 536 g/mol. The normalized spacial score (nSPS) is 12.2. The molecule has 3 aromatic rings. The van der Waals surface area contributed by atoms with Gasteiger partial charge in [0.05, 0.1) is 6.54 Å². The molecule has 0 fully saturated rings. The highest BCUT2D eigenvalue weighted by Crippen LogP contribution is 2.21. The van der Waals surface area contributed by atoms with Crippen LogP contribution >= 0.6 is 35.7 Å². The molecule has 30 heavy (non-hydrogen) atoms. The van der Waals surface area contributed by atoms with Gasteiger partial charge in [0.15, 0.2) is 5.96 Å². The van der Waals surface area contributed by atoms with Crippen molar-refractivity contribution < 1.29 is 0 Å². The van der Waals surface area contributed by atoms with Gasteiger partial charge in [-0.05, 0) is 37.6 Å². The number of rotatable bonds is 8. The van der Waals surface area contributed by atoms with Gasteiger partial charge in [-0.25, -0.2) is 15.0 Å². The minimum absolute atomic E-state index is 0. The van der Waals surface area contributed by atoms with Gasteiger partial charge in [-0.2, -0.15) is 0 Å².